The van der Waals surface area contributed by atoms with E-state index >= 15 is 0 Å². The second kappa shape index (κ2) is 11.3. The summed E-state index contributed by atoms with van der Waals surface area (Å²) in [5.41, 5.74) is 2.11. The molecule has 1 aliphatic rings. The zero-order valence-corrected chi connectivity index (χ0v) is 22.4. The number of aliphatic hydroxyl groups is 1. The van der Waals surface area contributed by atoms with Crippen LogP contribution < -0.4 is 9.47 Å². The SMILES string of the molecule is COc1ccc([C@H](CC2(C[C@H](O)c3ccc(OC)cc3)SCCCS2)O[Si](C)(C)C)cc1. The average molecular weight is 493 g/mol. The molecule has 3 rings (SSSR count). The van der Waals surface area contributed by atoms with E-state index in [-0.39, 0.29) is 10.2 Å². The lowest BCUT2D eigenvalue weighted by atomic mass is 9.98. The Morgan fingerprint density at radius 1 is 0.844 bits per heavy atom. The fourth-order valence-corrected chi connectivity index (χ4v) is 8.43. The lowest BCUT2D eigenvalue weighted by Crippen LogP contribution is -2.35. The molecule has 0 saturated carbocycles. The Labute approximate surface area is 202 Å². The van der Waals surface area contributed by atoms with Crippen molar-refractivity contribution in [2.45, 2.75) is 55.2 Å². The van der Waals surface area contributed by atoms with E-state index in [0.717, 1.165) is 35.0 Å². The first kappa shape index (κ1) is 25.5. The molecular formula is C25H36O4S2Si. The maximum Gasteiger partial charge on any atom is 0.184 e. The number of ether oxygens (including phenoxy) is 2. The molecule has 1 aliphatic heterocycles. The molecule has 0 aromatic heterocycles. The summed E-state index contributed by atoms with van der Waals surface area (Å²) in [6.07, 6.45) is 2.23. The summed E-state index contributed by atoms with van der Waals surface area (Å²) in [5, 5.41) is 11.2. The van der Waals surface area contributed by atoms with E-state index in [2.05, 4.69) is 31.8 Å². The predicted octanol–water partition coefficient (Wildman–Crippen LogP) is 6.68. The van der Waals surface area contributed by atoms with Crippen LogP contribution in [-0.2, 0) is 4.43 Å². The maximum atomic E-state index is 11.2. The first-order valence-corrected chi connectivity index (χ1v) is 16.5. The third-order valence-electron chi connectivity index (χ3n) is 5.50. The molecule has 0 aliphatic carbocycles. The first-order valence-electron chi connectivity index (χ1n) is 11.2. The molecule has 7 heteroatoms. The van der Waals surface area contributed by atoms with Crippen LogP contribution in [0.5, 0.6) is 11.5 Å². The smallest absolute Gasteiger partial charge is 0.184 e. The summed E-state index contributed by atoms with van der Waals surface area (Å²) in [6, 6.07) is 16.0. The normalized spacial score (nSPS) is 18.1. The van der Waals surface area contributed by atoms with Gasteiger partial charge in [0.05, 0.1) is 30.5 Å². The number of hydrogen-bond donors (Lipinski definition) is 1. The Bertz CT molecular complexity index is 831. The molecule has 2 aromatic carbocycles. The third kappa shape index (κ3) is 7.19. The van der Waals surface area contributed by atoms with Crippen LogP contribution in [0.15, 0.2) is 48.5 Å². The van der Waals surface area contributed by atoms with Crippen LogP contribution in [0, 0.1) is 0 Å². The predicted molar refractivity (Wildman–Crippen MR) is 140 cm³/mol. The van der Waals surface area contributed by atoms with Gasteiger partial charge in [-0.15, -0.1) is 23.5 Å². The zero-order valence-electron chi connectivity index (χ0n) is 19.8. The van der Waals surface area contributed by atoms with E-state index in [1.54, 1.807) is 14.2 Å². The zero-order chi connectivity index (χ0) is 23.2. The van der Waals surface area contributed by atoms with Crippen molar-refractivity contribution >= 4 is 31.8 Å². The average Bonchev–Trinajstić information content (AvgIpc) is 2.78. The molecule has 2 atom stereocenters. The van der Waals surface area contributed by atoms with Gasteiger partial charge in [-0.3, -0.25) is 0 Å². The van der Waals surface area contributed by atoms with Gasteiger partial charge in [0.1, 0.15) is 11.5 Å². The maximum absolute atomic E-state index is 11.2. The molecule has 1 N–H and O–H groups in total. The number of rotatable bonds is 10. The van der Waals surface area contributed by atoms with Crippen LogP contribution >= 0.6 is 23.5 Å². The number of benzene rings is 2. The van der Waals surface area contributed by atoms with Crippen molar-refractivity contribution in [2.75, 3.05) is 25.7 Å². The highest BCUT2D eigenvalue weighted by Gasteiger charge is 2.40. The van der Waals surface area contributed by atoms with Crippen molar-refractivity contribution in [3.63, 3.8) is 0 Å². The molecule has 0 radical (unpaired) electrons. The fraction of sp³-hybridized carbons (Fsp3) is 0.520. The highest BCUT2D eigenvalue weighted by molar-refractivity contribution is 8.18. The topological polar surface area (TPSA) is 47.9 Å². The van der Waals surface area contributed by atoms with Gasteiger partial charge in [0.2, 0.25) is 0 Å². The molecule has 2 aromatic rings. The monoisotopic (exact) mass is 492 g/mol. The molecule has 0 bridgehead atoms. The van der Waals surface area contributed by atoms with E-state index in [1.165, 1.54) is 12.0 Å². The summed E-state index contributed by atoms with van der Waals surface area (Å²) in [5.74, 6) is 3.89. The van der Waals surface area contributed by atoms with Crippen molar-refractivity contribution in [1.82, 2.24) is 0 Å². The van der Waals surface area contributed by atoms with Crippen LogP contribution in [0.3, 0.4) is 0 Å². The first-order chi connectivity index (χ1) is 15.2. The lowest BCUT2D eigenvalue weighted by Gasteiger charge is -2.41. The highest BCUT2D eigenvalue weighted by Crippen LogP contribution is 2.53. The quantitative estimate of drug-likeness (QED) is 0.374. The molecule has 32 heavy (non-hydrogen) atoms. The van der Waals surface area contributed by atoms with Gasteiger partial charge in [-0.1, -0.05) is 24.3 Å². The Balaban J connectivity index is 1.85. The lowest BCUT2D eigenvalue weighted by molar-refractivity contribution is 0.141. The van der Waals surface area contributed by atoms with Crippen molar-refractivity contribution in [1.29, 1.82) is 0 Å². The van der Waals surface area contributed by atoms with E-state index in [4.69, 9.17) is 13.9 Å². The van der Waals surface area contributed by atoms with Crippen LogP contribution in [0.4, 0.5) is 0 Å². The highest BCUT2D eigenvalue weighted by atomic mass is 32.2. The Morgan fingerprint density at radius 3 is 1.81 bits per heavy atom. The number of hydrogen-bond acceptors (Lipinski definition) is 6. The summed E-state index contributed by atoms with van der Waals surface area (Å²) in [4.78, 5) is 0. The summed E-state index contributed by atoms with van der Waals surface area (Å²) < 4.78 is 17.2. The van der Waals surface area contributed by atoms with Crippen LogP contribution in [0.1, 0.15) is 42.6 Å². The fourth-order valence-electron chi connectivity index (χ4n) is 3.93. The third-order valence-corrected chi connectivity index (χ3v) is 9.91. The summed E-state index contributed by atoms with van der Waals surface area (Å²) in [6.45, 7) is 6.72. The minimum absolute atomic E-state index is 0.00580. The van der Waals surface area contributed by atoms with Crippen LogP contribution in [0.2, 0.25) is 19.6 Å². The Kier molecular flexibility index (Phi) is 9.03. The minimum Gasteiger partial charge on any atom is -0.497 e. The van der Waals surface area contributed by atoms with Gasteiger partial charge in [-0.05, 0) is 73.0 Å². The molecule has 1 fully saturated rings. The van der Waals surface area contributed by atoms with Gasteiger partial charge in [-0.2, -0.15) is 0 Å². The summed E-state index contributed by atoms with van der Waals surface area (Å²) in [7, 11) is 1.57. The van der Waals surface area contributed by atoms with E-state index < -0.39 is 14.4 Å². The molecular weight excluding hydrogens is 456 g/mol. The molecule has 0 unspecified atom stereocenters. The van der Waals surface area contributed by atoms with Crippen molar-refractivity contribution < 1.29 is 19.0 Å². The second-order valence-corrected chi connectivity index (χ2v) is 16.8. The second-order valence-electron chi connectivity index (χ2n) is 9.15. The van der Waals surface area contributed by atoms with Crippen LogP contribution in [-0.4, -0.2) is 43.2 Å². The van der Waals surface area contributed by atoms with Gasteiger partial charge < -0.3 is 19.0 Å². The van der Waals surface area contributed by atoms with Gasteiger partial charge in [0.25, 0.3) is 0 Å². The van der Waals surface area contributed by atoms with Gasteiger partial charge in [0.15, 0.2) is 8.32 Å². The van der Waals surface area contributed by atoms with Crippen LogP contribution in [0.25, 0.3) is 0 Å². The van der Waals surface area contributed by atoms with Crippen molar-refractivity contribution in [2.24, 2.45) is 0 Å². The van der Waals surface area contributed by atoms with Gasteiger partial charge in [-0.25, -0.2) is 0 Å². The number of methoxy groups -OCH3 is 2. The standard InChI is InChI=1S/C25H36O4S2Si/c1-27-21-11-7-19(8-12-21)23(26)17-25(30-15-6-16-31-25)18-24(29-32(3,4)5)20-9-13-22(28-2)14-10-20/h7-14,23-24,26H,6,15-18H2,1-5H3/t23-,24-/m0/s1. The molecule has 176 valence electrons. The van der Waals surface area contributed by atoms with Crippen molar-refractivity contribution in [3.05, 3.63) is 59.7 Å². The molecule has 0 spiro atoms. The Hall–Kier alpha value is -1.12. The summed E-state index contributed by atoms with van der Waals surface area (Å²) >= 11 is 3.97. The molecule has 0 amide bonds. The number of aliphatic hydroxyl groups excluding tert-OH is 1. The Morgan fingerprint density at radius 2 is 1.34 bits per heavy atom. The number of thioether (sulfide) groups is 2. The molecule has 1 saturated heterocycles. The van der Waals surface area contributed by atoms with Gasteiger partial charge in [0, 0.05) is 12.8 Å². The van der Waals surface area contributed by atoms with E-state index in [1.807, 2.05) is 59.9 Å². The molecule has 1 heterocycles. The minimum atomic E-state index is -1.78. The van der Waals surface area contributed by atoms with E-state index in [0.29, 0.717) is 6.42 Å². The van der Waals surface area contributed by atoms with Crippen molar-refractivity contribution in [3.8, 4) is 11.5 Å². The molecule has 4 nitrogen and oxygen atoms in total. The van der Waals surface area contributed by atoms with Gasteiger partial charge >= 0.3 is 0 Å². The van der Waals surface area contributed by atoms with E-state index in [9.17, 15) is 5.11 Å². The largest absolute Gasteiger partial charge is 0.497 e.